The second-order valence-electron chi connectivity index (χ2n) is 6.97. The van der Waals surface area contributed by atoms with Crippen LogP contribution in [-0.4, -0.2) is 47.9 Å². The molecule has 1 aromatic carbocycles. The van der Waals surface area contributed by atoms with E-state index in [0.717, 1.165) is 45.0 Å². The highest BCUT2D eigenvalue weighted by atomic mass is 15.3. The summed E-state index contributed by atoms with van der Waals surface area (Å²) in [6, 6.07) is 6.55. The van der Waals surface area contributed by atoms with Crippen LogP contribution in [0.25, 0.3) is 0 Å². The van der Waals surface area contributed by atoms with Gasteiger partial charge in [-0.2, -0.15) is 10.1 Å². The fourth-order valence-corrected chi connectivity index (χ4v) is 3.35. The molecular weight excluding hydrogens is 324 g/mol. The average Bonchev–Trinajstić information content (AvgIpc) is 2.68. The topological polar surface area (TPSA) is 57.2 Å². The fourth-order valence-electron chi connectivity index (χ4n) is 3.35. The van der Waals surface area contributed by atoms with Crippen molar-refractivity contribution in [2.75, 3.05) is 47.8 Å². The molecule has 1 saturated heterocycles. The lowest BCUT2D eigenvalue weighted by Crippen LogP contribution is -2.47. The molecule has 140 valence electrons. The van der Waals surface area contributed by atoms with Crippen LogP contribution in [0.3, 0.4) is 0 Å². The summed E-state index contributed by atoms with van der Waals surface area (Å²) in [5, 5.41) is 11.5. The zero-order valence-corrected chi connectivity index (χ0v) is 16.2. The van der Waals surface area contributed by atoms with E-state index in [2.05, 4.69) is 69.3 Å². The van der Waals surface area contributed by atoms with E-state index in [4.69, 9.17) is 0 Å². The number of anilines is 3. The molecule has 1 fully saturated rings. The zero-order chi connectivity index (χ0) is 18.4. The number of aromatic nitrogens is 3. The largest absolute Gasteiger partial charge is 0.368 e. The Kier molecular flexibility index (Phi) is 6.26. The molecule has 0 spiro atoms. The molecule has 1 N–H and O–H groups in total. The van der Waals surface area contributed by atoms with Gasteiger partial charge in [0.2, 0.25) is 5.95 Å². The summed E-state index contributed by atoms with van der Waals surface area (Å²) in [6.07, 6.45) is 5.34. The van der Waals surface area contributed by atoms with Gasteiger partial charge >= 0.3 is 0 Å². The van der Waals surface area contributed by atoms with E-state index in [1.807, 2.05) is 0 Å². The Balaban J connectivity index is 1.58. The average molecular weight is 355 g/mol. The summed E-state index contributed by atoms with van der Waals surface area (Å²) in [5.41, 5.74) is 4.08. The van der Waals surface area contributed by atoms with Gasteiger partial charge < -0.3 is 15.1 Å². The maximum absolute atomic E-state index is 4.65. The number of unbranched alkanes of at least 4 members (excludes halogenated alkanes) is 2. The van der Waals surface area contributed by atoms with Gasteiger partial charge in [-0.3, -0.25) is 0 Å². The first-order valence-corrected chi connectivity index (χ1v) is 9.68. The van der Waals surface area contributed by atoms with Crippen LogP contribution in [0.5, 0.6) is 0 Å². The van der Waals surface area contributed by atoms with Crippen LogP contribution in [0.2, 0.25) is 0 Å². The number of nitrogens with zero attached hydrogens (tertiary/aromatic N) is 5. The molecular formula is C20H30N6. The third-order valence-electron chi connectivity index (χ3n) is 5.13. The van der Waals surface area contributed by atoms with Crippen LogP contribution in [-0.2, 0) is 0 Å². The number of aryl methyl sites for hydroxylation is 1. The minimum absolute atomic E-state index is 0.635. The van der Waals surface area contributed by atoms with E-state index in [9.17, 15) is 0 Å². The highest BCUT2D eigenvalue weighted by Gasteiger charge is 2.20. The molecule has 0 atom stereocenters. The van der Waals surface area contributed by atoms with E-state index < -0.39 is 0 Å². The Morgan fingerprint density at radius 1 is 1.04 bits per heavy atom. The van der Waals surface area contributed by atoms with Gasteiger partial charge in [-0.05, 0) is 37.5 Å². The monoisotopic (exact) mass is 354 g/mol. The lowest BCUT2D eigenvalue weighted by molar-refractivity contribution is 0.643. The van der Waals surface area contributed by atoms with Crippen LogP contribution >= 0.6 is 0 Å². The van der Waals surface area contributed by atoms with Crippen molar-refractivity contribution in [3.05, 3.63) is 35.5 Å². The Hall–Kier alpha value is -2.37. The first-order chi connectivity index (χ1) is 12.7. The third kappa shape index (κ3) is 4.42. The molecule has 0 bridgehead atoms. The van der Waals surface area contributed by atoms with Gasteiger partial charge in [0.05, 0.1) is 6.20 Å². The molecule has 0 aliphatic carbocycles. The van der Waals surface area contributed by atoms with Crippen molar-refractivity contribution in [3.63, 3.8) is 0 Å². The second-order valence-corrected chi connectivity index (χ2v) is 6.97. The van der Waals surface area contributed by atoms with Crippen molar-refractivity contribution in [2.24, 2.45) is 0 Å². The van der Waals surface area contributed by atoms with Gasteiger partial charge in [0.25, 0.3) is 0 Å². The molecule has 6 heteroatoms. The maximum atomic E-state index is 4.65. The highest BCUT2D eigenvalue weighted by Crippen LogP contribution is 2.24. The highest BCUT2D eigenvalue weighted by molar-refractivity contribution is 5.57. The molecule has 1 aliphatic heterocycles. The smallest absolute Gasteiger partial charge is 0.244 e. The Labute approximate surface area is 156 Å². The molecule has 0 radical (unpaired) electrons. The van der Waals surface area contributed by atoms with Crippen molar-refractivity contribution in [1.29, 1.82) is 0 Å². The predicted molar refractivity (Wildman–Crippen MR) is 108 cm³/mol. The molecule has 2 aromatic rings. The van der Waals surface area contributed by atoms with Gasteiger partial charge in [0.15, 0.2) is 5.82 Å². The normalized spacial score (nSPS) is 14.6. The molecule has 0 unspecified atom stereocenters. The molecule has 1 aliphatic rings. The van der Waals surface area contributed by atoms with Gasteiger partial charge in [-0.25, -0.2) is 0 Å². The van der Waals surface area contributed by atoms with E-state index in [0.29, 0.717) is 5.95 Å². The van der Waals surface area contributed by atoms with Crippen LogP contribution in [0.4, 0.5) is 17.5 Å². The van der Waals surface area contributed by atoms with E-state index in [1.54, 1.807) is 6.20 Å². The molecule has 3 rings (SSSR count). The number of hydrogen-bond donors (Lipinski definition) is 1. The van der Waals surface area contributed by atoms with Crippen LogP contribution in [0.1, 0.15) is 37.3 Å². The van der Waals surface area contributed by atoms with Crippen molar-refractivity contribution in [3.8, 4) is 0 Å². The van der Waals surface area contributed by atoms with Crippen molar-refractivity contribution < 1.29 is 0 Å². The quantitative estimate of drug-likeness (QED) is 0.769. The lowest BCUT2D eigenvalue weighted by Gasteiger charge is -2.37. The first-order valence-electron chi connectivity index (χ1n) is 9.68. The maximum Gasteiger partial charge on any atom is 0.244 e. The zero-order valence-electron chi connectivity index (χ0n) is 16.2. The van der Waals surface area contributed by atoms with E-state index in [1.165, 1.54) is 29.7 Å². The third-order valence-corrected chi connectivity index (χ3v) is 5.13. The van der Waals surface area contributed by atoms with Crippen LogP contribution in [0, 0.1) is 13.8 Å². The van der Waals surface area contributed by atoms with Crippen molar-refractivity contribution >= 4 is 17.5 Å². The molecule has 1 aromatic heterocycles. The summed E-state index contributed by atoms with van der Waals surface area (Å²) < 4.78 is 0. The molecule has 26 heavy (non-hydrogen) atoms. The van der Waals surface area contributed by atoms with E-state index in [-0.39, 0.29) is 0 Å². The van der Waals surface area contributed by atoms with Crippen molar-refractivity contribution in [2.45, 2.75) is 40.0 Å². The second kappa shape index (κ2) is 8.83. The van der Waals surface area contributed by atoms with Gasteiger partial charge in [-0.1, -0.05) is 31.9 Å². The Bertz CT molecular complexity index is 709. The number of hydrogen-bond acceptors (Lipinski definition) is 6. The summed E-state index contributed by atoms with van der Waals surface area (Å²) in [5.74, 6) is 1.55. The standard InChI is InChI=1S/C20H30N6/c1-4-5-6-10-21-20-23-19(15-22-24-20)26-13-11-25(12-14-26)18-9-7-8-16(2)17(18)3/h7-9,15H,4-6,10-14H2,1-3H3,(H,21,23,24). The number of piperazine rings is 1. The van der Waals surface area contributed by atoms with Gasteiger partial charge in [0.1, 0.15) is 0 Å². The van der Waals surface area contributed by atoms with Crippen molar-refractivity contribution in [1.82, 2.24) is 15.2 Å². The predicted octanol–water partition coefficient (Wildman–Crippen LogP) is 3.42. The van der Waals surface area contributed by atoms with Gasteiger partial charge in [-0.15, -0.1) is 5.10 Å². The summed E-state index contributed by atoms with van der Waals surface area (Å²) in [6.45, 7) is 11.4. The Morgan fingerprint density at radius 3 is 2.58 bits per heavy atom. The Morgan fingerprint density at radius 2 is 1.81 bits per heavy atom. The first kappa shape index (κ1) is 18.4. The number of rotatable bonds is 7. The van der Waals surface area contributed by atoms with E-state index >= 15 is 0 Å². The number of nitrogens with one attached hydrogen (secondary N) is 1. The molecule has 0 amide bonds. The van der Waals surface area contributed by atoms with Gasteiger partial charge in [0, 0.05) is 38.4 Å². The molecule has 2 heterocycles. The van der Waals surface area contributed by atoms with Crippen LogP contribution in [0.15, 0.2) is 24.4 Å². The molecule has 6 nitrogen and oxygen atoms in total. The lowest BCUT2D eigenvalue weighted by atomic mass is 10.1. The molecule has 0 saturated carbocycles. The summed E-state index contributed by atoms with van der Waals surface area (Å²) in [4.78, 5) is 9.41. The summed E-state index contributed by atoms with van der Waals surface area (Å²) >= 11 is 0. The number of benzene rings is 1. The SMILES string of the molecule is CCCCCNc1nncc(N2CCN(c3cccc(C)c3C)CC2)n1. The minimum atomic E-state index is 0.635. The summed E-state index contributed by atoms with van der Waals surface area (Å²) in [7, 11) is 0. The minimum Gasteiger partial charge on any atom is -0.368 e. The fraction of sp³-hybridized carbons (Fsp3) is 0.550. The van der Waals surface area contributed by atoms with Crippen LogP contribution < -0.4 is 15.1 Å².